The lowest BCUT2D eigenvalue weighted by Gasteiger charge is -2.14. The van der Waals surface area contributed by atoms with Crippen LogP contribution in [0.4, 0.5) is 14.6 Å². The van der Waals surface area contributed by atoms with Crippen LogP contribution in [0.15, 0.2) is 54.9 Å². The third-order valence-corrected chi connectivity index (χ3v) is 4.50. The maximum atomic E-state index is 14.3. The summed E-state index contributed by atoms with van der Waals surface area (Å²) in [5, 5.41) is 3.89. The molecule has 4 nitrogen and oxygen atoms in total. The Kier molecular flexibility index (Phi) is 4.24. The number of hydrogen-bond acceptors (Lipinski definition) is 4. The van der Waals surface area contributed by atoms with Gasteiger partial charge in [-0.05, 0) is 54.4 Å². The van der Waals surface area contributed by atoms with Gasteiger partial charge in [0, 0.05) is 36.0 Å². The fourth-order valence-corrected chi connectivity index (χ4v) is 3.14. The molecule has 0 aliphatic carbocycles. The number of anilines is 1. The summed E-state index contributed by atoms with van der Waals surface area (Å²) < 4.78 is 28.0. The molecule has 6 heteroatoms. The van der Waals surface area contributed by atoms with Crippen LogP contribution in [-0.4, -0.2) is 22.0 Å². The van der Waals surface area contributed by atoms with Crippen LogP contribution in [0.2, 0.25) is 0 Å². The van der Waals surface area contributed by atoms with Crippen LogP contribution < -0.4 is 5.32 Å². The highest BCUT2D eigenvalue weighted by Crippen LogP contribution is 2.34. The normalized spacial score (nSPS) is 11.0. The zero-order valence-corrected chi connectivity index (χ0v) is 14.8. The monoisotopic (exact) mass is 362 g/mol. The second-order valence-corrected chi connectivity index (χ2v) is 6.15. The molecule has 0 bridgehead atoms. The Morgan fingerprint density at radius 3 is 2.56 bits per heavy atom. The molecule has 2 heterocycles. The Balaban J connectivity index is 2.00. The van der Waals surface area contributed by atoms with Crippen molar-refractivity contribution in [2.24, 2.45) is 0 Å². The number of aromatic nitrogens is 3. The van der Waals surface area contributed by atoms with Gasteiger partial charge in [-0.25, -0.2) is 18.7 Å². The first-order chi connectivity index (χ1) is 13.1. The first kappa shape index (κ1) is 17.0. The van der Waals surface area contributed by atoms with Gasteiger partial charge in [0.05, 0.1) is 5.52 Å². The molecule has 0 amide bonds. The lowest BCUT2D eigenvalue weighted by molar-refractivity contribution is 0.603. The zero-order valence-electron chi connectivity index (χ0n) is 14.8. The number of rotatable bonds is 3. The number of hydrogen-bond donors (Lipinski definition) is 1. The van der Waals surface area contributed by atoms with Gasteiger partial charge >= 0.3 is 0 Å². The van der Waals surface area contributed by atoms with Crippen LogP contribution in [-0.2, 0) is 0 Å². The molecule has 4 rings (SSSR count). The Labute approximate surface area is 154 Å². The van der Waals surface area contributed by atoms with E-state index in [2.05, 4.69) is 20.3 Å². The first-order valence-electron chi connectivity index (χ1n) is 8.43. The molecule has 4 aromatic rings. The minimum absolute atomic E-state index is 0.210. The summed E-state index contributed by atoms with van der Waals surface area (Å²) in [6.45, 7) is 1.85. The van der Waals surface area contributed by atoms with Gasteiger partial charge in [-0.1, -0.05) is 6.07 Å². The van der Waals surface area contributed by atoms with E-state index in [0.717, 1.165) is 28.6 Å². The van der Waals surface area contributed by atoms with E-state index < -0.39 is 11.6 Å². The van der Waals surface area contributed by atoms with Crippen LogP contribution in [0.25, 0.3) is 33.4 Å². The van der Waals surface area contributed by atoms with Crippen molar-refractivity contribution in [3.63, 3.8) is 0 Å². The average molecular weight is 362 g/mol. The van der Waals surface area contributed by atoms with Crippen LogP contribution >= 0.6 is 0 Å². The van der Waals surface area contributed by atoms with Crippen molar-refractivity contribution < 1.29 is 8.78 Å². The van der Waals surface area contributed by atoms with E-state index in [-0.39, 0.29) is 5.56 Å². The van der Waals surface area contributed by atoms with E-state index in [1.807, 2.05) is 25.1 Å². The molecule has 2 aromatic heterocycles. The van der Waals surface area contributed by atoms with Crippen molar-refractivity contribution in [3.8, 4) is 22.5 Å². The van der Waals surface area contributed by atoms with Crippen LogP contribution in [0.3, 0.4) is 0 Å². The molecule has 0 spiro atoms. The SMILES string of the molecule is CNc1nc(-c2cccnc2)nc2c(C)c(-c3cc(F)ccc3F)ccc12. The maximum absolute atomic E-state index is 14.3. The number of nitrogens with one attached hydrogen (secondary N) is 1. The van der Waals surface area contributed by atoms with Gasteiger partial charge < -0.3 is 5.32 Å². The van der Waals surface area contributed by atoms with Crippen molar-refractivity contribution in [1.82, 2.24) is 15.0 Å². The minimum Gasteiger partial charge on any atom is -0.373 e. The topological polar surface area (TPSA) is 50.7 Å². The highest BCUT2D eigenvalue weighted by atomic mass is 19.1. The predicted molar refractivity (Wildman–Crippen MR) is 102 cm³/mol. The van der Waals surface area contributed by atoms with E-state index in [9.17, 15) is 8.78 Å². The molecule has 0 saturated heterocycles. The van der Waals surface area contributed by atoms with Gasteiger partial charge in [-0.3, -0.25) is 4.98 Å². The van der Waals surface area contributed by atoms with Crippen molar-refractivity contribution >= 4 is 16.7 Å². The number of fused-ring (bicyclic) bond motifs is 1. The van der Waals surface area contributed by atoms with Crippen LogP contribution in [0.5, 0.6) is 0 Å². The van der Waals surface area contributed by atoms with E-state index in [0.29, 0.717) is 22.7 Å². The Bertz CT molecular complexity index is 1140. The number of halogens is 2. The molecule has 1 N–H and O–H groups in total. The first-order valence-corrected chi connectivity index (χ1v) is 8.43. The molecule has 0 aliphatic heterocycles. The molecule has 0 fully saturated rings. The lowest BCUT2D eigenvalue weighted by Crippen LogP contribution is -2.01. The summed E-state index contributed by atoms with van der Waals surface area (Å²) in [5.74, 6) is 0.211. The third-order valence-electron chi connectivity index (χ3n) is 4.50. The average Bonchev–Trinajstić information content (AvgIpc) is 2.70. The number of benzene rings is 2. The second kappa shape index (κ2) is 6.72. The second-order valence-electron chi connectivity index (χ2n) is 6.15. The molecule has 0 saturated carbocycles. The Hall–Kier alpha value is -3.41. The summed E-state index contributed by atoms with van der Waals surface area (Å²) in [5.41, 5.74) is 3.01. The van der Waals surface area contributed by atoms with E-state index in [1.54, 1.807) is 25.5 Å². The summed E-state index contributed by atoms with van der Waals surface area (Å²) in [4.78, 5) is 13.4. The van der Waals surface area contributed by atoms with Crippen molar-refractivity contribution in [3.05, 3.63) is 72.1 Å². The van der Waals surface area contributed by atoms with E-state index in [1.165, 1.54) is 6.07 Å². The molecule has 27 heavy (non-hydrogen) atoms. The van der Waals surface area contributed by atoms with Gasteiger partial charge in [0.1, 0.15) is 17.5 Å². The highest BCUT2D eigenvalue weighted by Gasteiger charge is 2.16. The molecule has 0 unspecified atom stereocenters. The molecule has 0 atom stereocenters. The summed E-state index contributed by atoms with van der Waals surface area (Å²) in [6.07, 6.45) is 3.37. The number of aryl methyl sites for hydroxylation is 1. The largest absolute Gasteiger partial charge is 0.373 e. The molecule has 134 valence electrons. The number of nitrogens with zero attached hydrogens (tertiary/aromatic N) is 3. The third kappa shape index (κ3) is 2.99. The van der Waals surface area contributed by atoms with E-state index in [4.69, 9.17) is 0 Å². The van der Waals surface area contributed by atoms with Crippen molar-refractivity contribution in [2.45, 2.75) is 6.92 Å². The predicted octanol–water partition coefficient (Wildman–Crippen LogP) is 4.99. The molecule has 0 aliphatic rings. The zero-order chi connectivity index (χ0) is 19.0. The highest BCUT2D eigenvalue weighted by molar-refractivity contribution is 5.96. The molecule has 0 radical (unpaired) electrons. The Morgan fingerprint density at radius 2 is 1.81 bits per heavy atom. The molecular weight excluding hydrogens is 346 g/mol. The standard InChI is InChI=1S/C21H16F2N4/c1-12-15(17-10-14(22)5-8-18(17)23)6-7-16-19(12)26-20(27-21(16)24-2)13-4-3-9-25-11-13/h3-11H,1-2H3,(H,24,26,27). The van der Waals surface area contributed by atoms with E-state index >= 15 is 0 Å². The van der Waals surface area contributed by atoms with Crippen molar-refractivity contribution in [2.75, 3.05) is 12.4 Å². The van der Waals surface area contributed by atoms with Gasteiger partial charge in [0.2, 0.25) is 0 Å². The van der Waals surface area contributed by atoms with Crippen molar-refractivity contribution in [1.29, 1.82) is 0 Å². The number of pyridine rings is 1. The fraction of sp³-hybridized carbons (Fsp3) is 0.0952. The lowest BCUT2D eigenvalue weighted by atomic mass is 9.97. The quantitative estimate of drug-likeness (QED) is 0.558. The molecule has 2 aromatic carbocycles. The van der Waals surface area contributed by atoms with Crippen LogP contribution in [0, 0.1) is 18.6 Å². The summed E-state index contributed by atoms with van der Waals surface area (Å²) >= 11 is 0. The summed E-state index contributed by atoms with van der Waals surface area (Å²) in [6, 6.07) is 10.7. The maximum Gasteiger partial charge on any atom is 0.163 e. The molecular formula is C21H16F2N4. The van der Waals surface area contributed by atoms with Gasteiger partial charge in [-0.15, -0.1) is 0 Å². The van der Waals surface area contributed by atoms with Gasteiger partial charge in [0.25, 0.3) is 0 Å². The van der Waals surface area contributed by atoms with Gasteiger partial charge in [0.15, 0.2) is 5.82 Å². The smallest absolute Gasteiger partial charge is 0.163 e. The fourth-order valence-electron chi connectivity index (χ4n) is 3.14. The Morgan fingerprint density at radius 1 is 0.963 bits per heavy atom. The van der Waals surface area contributed by atoms with Gasteiger partial charge in [-0.2, -0.15) is 0 Å². The minimum atomic E-state index is -0.486. The summed E-state index contributed by atoms with van der Waals surface area (Å²) in [7, 11) is 1.78. The van der Waals surface area contributed by atoms with Crippen LogP contribution in [0.1, 0.15) is 5.56 Å².